The van der Waals surface area contributed by atoms with E-state index in [0.717, 1.165) is 50.4 Å². The van der Waals surface area contributed by atoms with Gasteiger partial charge in [-0.3, -0.25) is 14.8 Å². The number of hydrogen-bond acceptors (Lipinski definition) is 13. The summed E-state index contributed by atoms with van der Waals surface area (Å²) in [7, 11) is 0. The average molecular weight is 789 g/mol. The Morgan fingerprint density at radius 2 is 1.33 bits per heavy atom. The summed E-state index contributed by atoms with van der Waals surface area (Å²) in [5.41, 5.74) is 13.2. The minimum absolute atomic E-state index is 0.0547. The summed E-state index contributed by atoms with van der Waals surface area (Å²) in [5.74, 6) is 0.572. The molecule has 0 radical (unpaired) electrons. The highest BCUT2D eigenvalue weighted by atomic mass is 16.6. The average Bonchev–Trinajstić information content (AvgIpc) is 3.79. The zero-order valence-electron chi connectivity index (χ0n) is 33.3. The molecule has 1 amide bonds. The Kier molecular flexibility index (Phi) is 18.5. The van der Waals surface area contributed by atoms with Gasteiger partial charge in [0.05, 0.1) is 121 Å². The van der Waals surface area contributed by atoms with E-state index >= 15 is 0 Å². The Hall–Kier alpha value is -4.58. The van der Waals surface area contributed by atoms with Gasteiger partial charge in [-0.2, -0.15) is 0 Å². The molecule has 3 N–H and O–H groups in total. The van der Waals surface area contributed by atoms with E-state index in [-0.39, 0.29) is 11.9 Å². The van der Waals surface area contributed by atoms with E-state index in [1.165, 1.54) is 0 Å². The van der Waals surface area contributed by atoms with Crippen LogP contribution in [-0.4, -0.2) is 131 Å². The van der Waals surface area contributed by atoms with Crippen molar-refractivity contribution in [2.24, 2.45) is 5.73 Å². The number of carbonyl (C=O) groups excluding carboxylic acids is 1. The summed E-state index contributed by atoms with van der Waals surface area (Å²) in [6.07, 6.45) is 5.77. The number of ether oxygens (including phenoxy) is 7. The Labute approximate surface area is 334 Å². The third kappa shape index (κ3) is 13.5. The van der Waals surface area contributed by atoms with Gasteiger partial charge < -0.3 is 53.3 Å². The number of aryl methyl sites for hydroxylation is 2. The number of nitrogens with one attached hydrogen (secondary N) is 1. The van der Waals surface area contributed by atoms with Crippen molar-refractivity contribution in [3.8, 4) is 22.3 Å². The minimum atomic E-state index is -0.172. The first-order valence-electron chi connectivity index (χ1n) is 19.5. The monoisotopic (exact) mass is 788 g/mol. The molecule has 308 valence electrons. The summed E-state index contributed by atoms with van der Waals surface area (Å²) in [4.78, 5) is 22.5. The largest absolute Gasteiger partial charge is 0.378 e. The lowest BCUT2D eigenvalue weighted by Gasteiger charge is -2.15. The van der Waals surface area contributed by atoms with Crippen LogP contribution in [0.3, 0.4) is 0 Å². The topological polar surface area (TPSA) is 176 Å². The van der Waals surface area contributed by atoms with Crippen molar-refractivity contribution >= 4 is 16.9 Å². The van der Waals surface area contributed by atoms with Gasteiger partial charge in [-0.15, -0.1) is 0 Å². The Balaban J connectivity index is 0.968. The molecule has 5 aromatic rings. The van der Waals surface area contributed by atoms with Crippen molar-refractivity contribution < 1.29 is 42.5 Å². The van der Waals surface area contributed by atoms with Crippen molar-refractivity contribution in [2.75, 3.05) is 106 Å². The van der Waals surface area contributed by atoms with Crippen LogP contribution in [0.15, 0.2) is 71.6 Å². The highest BCUT2D eigenvalue weighted by Gasteiger charge is 2.20. The van der Waals surface area contributed by atoms with Gasteiger partial charge in [0, 0.05) is 53.9 Å². The number of aromatic nitrogens is 4. The molecule has 15 heteroatoms. The highest BCUT2D eigenvalue weighted by Crippen LogP contribution is 2.36. The maximum Gasteiger partial charge on any atom is 0.251 e. The van der Waals surface area contributed by atoms with Gasteiger partial charge in [-0.05, 0) is 56.7 Å². The summed E-state index contributed by atoms with van der Waals surface area (Å²) in [6.45, 7) is 13.6. The molecule has 1 unspecified atom stereocenters. The van der Waals surface area contributed by atoms with E-state index in [1.54, 1.807) is 6.20 Å². The lowest BCUT2D eigenvalue weighted by molar-refractivity contribution is -0.0201. The quantitative estimate of drug-likeness (QED) is 0.0663. The molecule has 0 aliphatic heterocycles. The number of nitrogens with two attached hydrogens (primary N) is 1. The first-order valence-corrected chi connectivity index (χ1v) is 19.5. The third-order valence-corrected chi connectivity index (χ3v) is 9.01. The second-order valence-corrected chi connectivity index (χ2v) is 13.1. The fourth-order valence-electron chi connectivity index (χ4n) is 6.10. The van der Waals surface area contributed by atoms with E-state index in [1.807, 2.05) is 62.5 Å². The number of hydrogen-bond donors (Lipinski definition) is 2. The molecular weight excluding hydrogens is 732 g/mol. The fraction of sp³-hybridized carbons (Fsp3) is 0.476. The highest BCUT2D eigenvalue weighted by molar-refractivity contribution is 5.97. The van der Waals surface area contributed by atoms with Crippen molar-refractivity contribution in [1.82, 2.24) is 25.0 Å². The molecule has 0 saturated heterocycles. The number of benzene rings is 1. The summed E-state index contributed by atoms with van der Waals surface area (Å²) >= 11 is 0. The van der Waals surface area contributed by atoms with Gasteiger partial charge >= 0.3 is 0 Å². The number of amides is 1. The zero-order valence-corrected chi connectivity index (χ0v) is 33.3. The number of carbonyl (C=O) groups is 1. The Morgan fingerprint density at radius 1 is 0.754 bits per heavy atom. The fourth-order valence-corrected chi connectivity index (χ4v) is 6.10. The molecule has 0 saturated carbocycles. The molecule has 0 aliphatic rings. The van der Waals surface area contributed by atoms with E-state index < -0.39 is 0 Å². The summed E-state index contributed by atoms with van der Waals surface area (Å²) < 4.78 is 45.9. The van der Waals surface area contributed by atoms with E-state index in [9.17, 15) is 4.79 Å². The molecular formula is C42H56N6O9. The smallest absolute Gasteiger partial charge is 0.251 e. The zero-order chi connectivity index (χ0) is 40.1. The number of pyridine rings is 2. The second kappa shape index (κ2) is 24.2. The van der Waals surface area contributed by atoms with Crippen LogP contribution in [0.1, 0.15) is 40.5 Å². The number of rotatable bonds is 28. The molecule has 0 bridgehead atoms. The lowest BCUT2D eigenvalue weighted by atomic mass is 10.0. The lowest BCUT2D eigenvalue weighted by Crippen LogP contribution is -2.27. The van der Waals surface area contributed by atoms with E-state index in [0.29, 0.717) is 111 Å². The van der Waals surface area contributed by atoms with Gasteiger partial charge in [0.2, 0.25) is 0 Å². The van der Waals surface area contributed by atoms with Gasteiger partial charge in [-0.25, -0.2) is 0 Å². The van der Waals surface area contributed by atoms with Crippen molar-refractivity contribution in [3.05, 3.63) is 89.8 Å². The predicted octanol–water partition coefficient (Wildman–Crippen LogP) is 4.78. The molecule has 0 spiro atoms. The molecule has 15 nitrogen and oxygen atoms in total. The molecule has 4 aromatic heterocycles. The van der Waals surface area contributed by atoms with Crippen LogP contribution in [0.25, 0.3) is 33.3 Å². The van der Waals surface area contributed by atoms with Gasteiger partial charge in [-0.1, -0.05) is 23.4 Å². The van der Waals surface area contributed by atoms with Crippen molar-refractivity contribution in [2.45, 2.75) is 26.8 Å². The van der Waals surface area contributed by atoms with Gasteiger partial charge in [0.25, 0.3) is 5.91 Å². The van der Waals surface area contributed by atoms with Gasteiger partial charge in [0.15, 0.2) is 0 Å². The Morgan fingerprint density at radius 3 is 1.86 bits per heavy atom. The van der Waals surface area contributed by atoms with E-state index in [2.05, 4.69) is 39.2 Å². The number of fused-ring (bicyclic) bond motifs is 1. The molecule has 5 rings (SSSR count). The summed E-state index contributed by atoms with van der Waals surface area (Å²) in [6, 6.07) is 15.6. The van der Waals surface area contributed by atoms with Crippen LogP contribution in [0.2, 0.25) is 0 Å². The SMILES string of the molecule is Cc1noc(C)c1-c1cnc2c(-c3ccc(C(=O)NCCOCCOCCOCCOCCOCCOCCOCCN)cc3)cn(C(C)c3ccccn3)c2c1. The second-order valence-electron chi connectivity index (χ2n) is 13.1. The normalized spacial score (nSPS) is 12.1. The number of nitrogens with zero attached hydrogens (tertiary/aromatic N) is 4. The third-order valence-electron chi connectivity index (χ3n) is 9.01. The van der Waals surface area contributed by atoms with Crippen LogP contribution >= 0.6 is 0 Å². The maximum absolute atomic E-state index is 12.9. The predicted molar refractivity (Wildman–Crippen MR) is 215 cm³/mol. The molecule has 1 atom stereocenters. The van der Waals surface area contributed by atoms with E-state index in [4.69, 9.17) is 48.4 Å². The maximum atomic E-state index is 12.9. The van der Waals surface area contributed by atoms with Crippen LogP contribution in [0, 0.1) is 13.8 Å². The Bertz CT molecular complexity index is 1880. The van der Waals surface area contributed by atoms with Crippen LogP contribution < -0.4 is 11.1 Å². The van der Waals surface area contributed by atoms with Crippen LogP contribution in [0.4, 0.5) is 0 Å². The molecule has 57 heavy (non-hydrogen) atoms. The first kappa shape index (κ1) is 43.5. The standard InChI is InChI=1S/C42H56N6O9/c1-31-40(33(3)57-47-31)36-28-39-41(46-29-36)37(30-48(39)32(2)38-6-4-5-12-44-38)34-7-9-35(10-8-34)42(49)45-13-15-51-17-19-53-21-23-55-25-27-56-26-24-54-22-20-52-18-16-50-14-11-43/h4-10,12,28-30,32H,11,13-27,43H2,1-3H3,(H,45,49). The van der Waals surface area contributed by atoms with Crippen LogP contribution in [-0.2, 0) is 33.2 Å². The van der Waals surface area contributed by atoms with Crippen molar-refractivity contribution in [3.63, 3.8) is 0 Å². The van der Waals surface area contributed by atoms with Crippen LogP contribution in [0.5, 0.6) is 0 Å². The molecule has 4 heterocycles. The first-order chi connectivity index (χ1) is 28.0. The van der Waals surface area contributed by atoms with Gasteiger partial charge in [0.1, 0.15) is 5.76 Å². The molecule has 0 aliphatic carbocycles. The molecule has 0 fully saturated rings. The molecule has 1 aromatic carbocycles. The minimum Gasteiger partial charge on any atom is -0.378 e. The summed E-state index contributed by atoms with van der Waals surface area (Å²) in [5, 5.41) is 7.06. The van der Waals surface area contributed by atoms with Crippen molar-refractivity contribution in [1.29, 1.82) is 0 Å².